The van der Waals surface area contributed by atoms with Gasteiger partial charge in [-0.25, -0.2) is 14.1 Å². The number of para-hydroxylation sites is 3. The Bertz CT molecular complexity index is 2380. The van der Waals surface area contributed by atoms with Crippen molar-refractivity contribution in [3.8, 4) is 22.6 Å². The maximum atomic E-state index is 4.87. The van der Waals surface area contributed by atoms with E-state index in [1.807, 2.05) is 12.3 Å². The Hall–Kier alpha value is -4.79. The summed E-state index contributed by atoms with van der Waals surface area (Å²) >= 11 is 0. The molecule has 0 aliphatic heterocycles. The van der Waals surface area contributed by atoms with Crippen LogP contribution in [0.3, 0.4) is 0 Å². The molecule has 4 nitrogen and oxygen atoms in total. The molecular weight excluding hydrogens is 756 g/mol. The van der Waals surface area contributed by atoms with Gasteiger partial charge in [0, 0.05) is 50.6 Å². The predicted molar refractivity (Wildman–Crippen MR) is 190 cm³/mol. The van der Waals surface area contributed by atoms with E-state index < -0.39 is 0 Å². The van der Waals surface area contributed by atoms with E-state index in [-0.39, 0.29) is 26.5 Å². The monoisotopic (exact) mass is 790 g/mol. The number of nitrogens with zero attached hydrogens (tertiary/aromatic N) is 4. The Morgan fingerprint density at radius 1 is 0.660 bits per heavy atom. The van der Waals surface area contributed by atoms with Crippen LogP contribution in [0.2, 0.25) is 0 Å². The van der Waals surface area contributed by atoms with Crippen LogP contribution in [0.5, 0.6) is 0 Å². The fraction of sp³-hybridized carbons (Fsp3) is 0.143. The first-order valence-corrected chi connectivity index (χ1v) is 15.9. The molecule has 0 N–H and O–H groups in total. The standard InChI is InChI=1S/C42H35N4.Pt/c1-29(2)44-28-45(39-20-11-10-19-38(39)44)34-16-12-15-32(26-34)42(3,4)33-21-22-36-35-17-8-9-18-37(35)46(40(36)27-33)41-25-31(23-24-43-41)30-13-6-5-7-14-30;/h5-25,28-29H,1-4H3;/q-1;. The average Bonchev–Trinajstić information content (AvgIpc) is 3.65. The number of aromatic nitrogens is 4. The maximum absolute atomic E-state index is 4.87. The van der Waals surface area contributed by atoms with Crippen LogP contribution in [-0.4, -0.2) is 18.7 Å². The normalized spacial score (nSPS) is 11.9. The van der Waals surface area contributed by atoms with Crippen LogP contribution in [-0.2, 0) is 26.5 Å². The first-order valence-electron chi connectivity index (χ1n) is 15.9. The van der Waals surface area contributed by atoms with E-state index in [1.54, 1.807) is 0 Å². The maximum Gasteiger partial charge on any atom is 0.188 e. The van der Waals surface area contributed by atoms with E-state index in [0.29, 0.717) is 6.04 Å². The van der Waals surface area contributed by atoms with Gasteiger partial charge in [0.2, 0.25) is 0 Å². The Kier molecular flexibility index (Phi) is 7.94. The molecule has 3 heterocycles. The van der Waals surface area contributed by atoms with Crippen LogP contribution >= 0.6 is 0 Å². The van der Waals surface area contributed by atoms with Gasteiger partial charge in [-0.15, -0.1) is 23.1 Å². The summed E-state index contributed by atoms with van der Waals surface area (Å²) in [6.07, 6.45) is 4.10. The summed E-state index contributed by atoms with van der Waals surface area (Å²) in [6, 6.07) is 50.8. The Labute approximate surface area is 290 Å². The fourth-order valence-electron chi connectivity index (χ4n) is 6.69. The molecule has 8 aromatic rings. The summed E-state index contributed by atoms with van der Waals surface area (Å²) in [6.45, 7) is 8.98. The van der Waals surface area contributed by atoms with Crippen LogP contribution < -0.4 is 0 Å². The molecule has 8 rings (SSSR count). The van der Waals surface area contributed by atoms with Gasteiger partial charge in [-0.05, 0) is 66.1 Å². The number of benzene rings is 5. The van der Waals surface area contributed by atoms with E-state index in [2.05, 4.69) is 175 Å². The van der Waals surface area contributed by atoms with Gasteiger partial charge < -0.3 is 4.57 Å². The minimum Gasteiger partial charge on any atom is -0.319 e. The number of imidazole rings is 1. The zero-order chi connectivity index (χ0) is 31.4. The minimum absolute atomic E-state index is 0. The van der Waals surface area contributed by atoms with Gasteiger partial charge in [-0.2, -0.15) is 35.9 Å². The van der Waals surface area contributed by atoms with Crippen LogP contribution in [0, 0.1) is 12.1 Å². The number of pyridine rings is 1. The van der Waals surface area contributed by atoms with Crippen LogP contribution in [0.25, 0.3) is 55.5 Å². The van der Waals surface area contributed by atoms with Gasteiger partial charge in [0.15, 0.2) is 17.4 Å². The minimum atomic E-state index is -0.359. The molecule has 47 heavy (non-hydrogen) atoms. The second-order valence-electron chi connectivity index (χ2n) is 12.8. The van der Waals surface area contributed by atoms with E-state index >= 15 is 0 Å². The van der Waals surface area contributed by atoms with E-state index in [9.17, 15) is 0 Å². The van der Waals surface area contributed by atoms with Crippen molar-refractivity contribution in [2.75, 3.05) is 0 Å². The smallest absolute Gasteiger partial charge is 0.188 e. The fourth-order valence-corrected chi connectivity index (χ4v) is 6.69. The van der Waals surface area contributed by atoms with Crippen LogP contribution in [0.4, 0.5) is 0 Å². The van der Waals surface area contributed by atoms with Crippen molar-refractivity contribution < 1.29 is 21.1 Å². The van der Waals surface area contributed by atoms with Gasteiger partial charge >= 0.3 is 0 Å². The van der Waals surface area contributed by atoms with Crippen molar-refractivity contribution >= 4 is 32.8 Å². The van der Waals surface area contributed by atoms with Crippen molar-refractivity contribution in [2.24, 2.45) is 0 Å². The number of fused-ring (bicyclic) bond motifs is 4. The molecule has 0 spiro atoms. The molecule has 5 aromatic carbocycles. The first-order chi connectivity index (χ1) is 22.4. The topological polar surface area (TPSA) is 27.7 Å². The molecule has 0 unspecified atom stereocenters. The van der Waals surface area contributed by atoms with Crippen LogP contribution in [0.1, 0.15) is 44.9 Å². The van der Waals surface area contributed by atoms with Crippen molar-refractivity contribution in [1.29, 1.82) is 0 Å². The molecule has 0 saturated heterocycles. The summed E-state index contributed by atoms with van der Waals surface area (Å²) in [4.78, 5) is 4.87. The molecule has 0 amide bonds. The predicted octanol–water partition coefficient (Wildman–Crippen LogP) is 10.4. The summed E-state index contributed by atoms with van der Waals surface area (Å²) < 4.78 is 6.83. The summed E-state index contributed by atoms with van der Waals surface area (Å²) in [5.74, 6) is 0.880. The third-order valence-corrected chi connectivity index (χ3v) is 9.27. The third kappa shape index (κ3) is 5.22. The van der Waals surface area contributed by atoms with Crippen molar-refractivity contribution in [3.63, 3.8) is 0 Å². The second kappa shape index (κ2) is 12.1. The zero-order valence-electron chi connectivity index (χ0n) is 26.9. The average molecular weight is 791 g/mol. The zero-order valence-corrected chi connectivity index (χ0v) is 29.2. The van der Waals surface area contributed by atoms with Gasteiger partial charge in [-0.3, -0.25) is 0 Å². The summed E-state index contributed by atoms with van der Waals surface area (Å²) in [5, 5.41) is 2.35. The molecule has 0 aliphatic carbocycles. The largest absolute Gasteiger partial charge is 0.319 e. The van der Waals surface area contributed by atoms with E-state index in [1.165, 1.54) is 22.0 Å². The molecule has 0 bridgehead atoms. The second-order valence-corrected chi connectivity index (χ2v) is 12.8. The van der Waals surface area contributed by atoms with Crippen molar-refractivity contribution in [3.05, 3.63) is 157 Å². The summed E-state index contributed by atoms with van der Waals surface area (Å²) in [7, 11) is 0. The van der Waals surface area contributed by atoms with Gasteiger partial charge in [0.1, 0.15) is 5.82 Å². The summed E-state index contributed by atoms with van der Waals surface area (Å²) in [5.41, 5.74) is 9.71. The molecule has 0 aliphatic rings. The van der Waals surface area contributed by atoms with Crippen LogP contribution in [0.15, 0.2) is 134 Å². The molecular formula is C42H35N4Pt-. The first kappa shape index (κ1) is 30.8. The number of rotatable bonds is 6. The van der Waals surface area contributed by atoms with E-state index in [4.69, 9.17) is 4.98 Å². The number of hydrogen-bond donors (Lipinski definition) is 0. The molecule has 0 radical (unpaired) electrons. The van der Waals surface area contributed by atoms with Gasteiger partial charge in [0.25, 0.3) is 0 Å². The molecule has 0 atom stereocenters. The Morgan fingerprint density at radius 2 is 1.36 bits per heavy atom. The quantitative estimate of drug-likeness (QED) is 0.154. The molecule has 5 heteroatoms. The Morgan fingerprint density at radius 3 is 2.15 bits per heavy atom. The van der Waals surface area contributed by atoms with Crippen molar-refractivity contribution in [1.82, 2.24) is 18.7 Å². The van der Waals surface area contributed by atoms with Crippen molar-refractivity contribution in [2.45, 2.75) is 39.2 Å². The van der Waals surface area contributed by atoms with E-state index in [0.717, 1.165) is 44.6 Å². The molecule has 234 valence electrons. The number of hydrogen-bond acceptors (Lipinski definition) is 1. The molecule has 0 fully saturated rings. The Balaban J connectivity index is 0.00000351. The van der Waals surface area contributed by atoms with Gasteiger partial charge in [0.05, 0.1) is 6.04 Å². The third-order valence-electron chi connectivity index (χ3n) is 9.27. The van der Waals surface area contributed by atoms with Gasteiger partial charge in [-0.1, -0.05) is 67.9 Å². The SMILES string of the molecule is CC(C)n1[cH+]n(-c2[c-]c(C(C)(C)c3[c-]c4c(cc3)c3ccccc3n4-c3cc(-c4ccccc4)ccn3)ccc2)c2ccccc21.[Pt]. The molecule has 3 aromatic heterocycles. The molecule has 0 saturated carbocycles.